The van der Waals surface area contributed by atoms with Gasteiger partial charge in [0, 0.05) is 20.2 Å². The second-order valence-corrected chi connectivity index (χ2v) is 4.91. The number of rotatable bonds is 0. The van der Waals surface area contributed by atoms with Crippen molar-refractivity contribution >= 4 is 31.5 Å². The Morgan fingerprint density at radius 1 is 0.778 bits per heavy atom. The Bertz CT molecular complexity index is 670. The smallest absolute Gasteiger partial charge is 0.169 e. The van der Waals surface area contributed by atoms with Crippen LogP contribution in [0.25, 0.3) is 20.2 Å². The molecule has 18 heavy (non-hydrogen) atoms. The van der Waals surface area contributed by atoms with E-state index in [0.29, 0.717) is 0 Å². The van der Waals surface area contributed by atoms with E-state index in [0.717, 1.165) is 0 Å². The first-order valence-electron chi connectivity index (χ1n) is 5.71. The molecule has 2 aromatic carbocycles. The van der Waals surface area contributed by atoms with Crippen LogP contribution in [0.5, 0.6) is 0 Å². The molecule has 1 radical (unpaired) electrons. The maximum absolute atomic E-state index is 4.46. The first kappa shape index (κ1) is 11.1. The fourth-order valence-corrected chi connectivity index (χ4v) is 2.98. The highest BCUT2D eigenvalue weighted by atomic mass is 32.1. The Labute approximate surface area is 109 Å². The molecule has 0 unspecified atom stereocenters. The van der Waals surface area contributed by atoms with Gasteiger partial charge in [-0.3, -0.25) is 0 Å². The number of fused-ring (bicyclic) bond motifs is 3. The van der Waals surface area contributed by atoms with E-state index in [2.05, 4.69) is 59.2 Å². The van der Waals surface area contributed by atoms with Gasteiger partial charge in [-0.15, -0.1) is 11.3 Å². The lowest BCUT2D eigenvalue weighted by atomic mass is 10.2. The fourth-order valence-electron chi connectivity index (χ4n) is 1.87. The van der Waals surface area contributed by atoms with Crippen LogP contribution in [-0.4, -0.2) is 0 Å². The summed E-state index contributed by atoms with van der Waals surface area (Å²) in [6.07, 6.45) is 4.06. The fraction of sp³-hybridized carbons (Fsp3) is 0. The van der Waals surface area contributed by atoms with Gasteiger partial charge in [0.1, 0.15) is 0 Å². The van der Waals surface area contributed by atoms with Crippen molar-refractivity contribution in [2.45, 2.75) is 0 Å². The number of furan rings is 1. The first-order chi connectivity index (χ1) is 8.95. The predicted molar refractivity (Wildman–Crippen MR) is 76.9 cm³/mol. The third kappa shape index (κ3) is 2.15. The van der Waals surface area contributed by atoms with E-state index >= 15 is 0 Å². The van der Waals surface area contributed by atoms with Crippen LogP contribution in [0.4, 0.5) is 0 Å². The molecule has 1 nitrogen and oxygen atoms in total. The van der Waals surface area contributed by atoms with Crippen LogP contribution in [-0.2, 0) is 0 Å². The van der Waals surface area contributed by atoms with Crippen LogP contribution >= 0.6 is 11.3 Å². The van der Waals surface area contributed by atoms with Crippen molar-refractivity contribution in [3.8, 4) is 0 Å². The van der Waals surface area contributed by atoms with E-state index in [-0.39, 0.29) is 0 Å². The van der Waals surface area contributed by atoms with Gasteiger partial charge >= 0.3 is 0 Å². The van der Waals surface area contributed by atoms with E-state index < -0.39 is 0 Å². The third-order valence-corrected chi connectivity index (χ3v) is 3.81. The SMILES string of the molecule is [c]1ccco1.c1ccc2c(c1)sc1ccccc12. The Hall–Kier alpha value is -2.06. The summed E-state index contributed by atoms with van der Waals surface area (Å²) < 4.78 is 7.22. The lowest BCUT2D eigenvalue weighted by Gasteiger charge is -1.88. The van der Waals surface area contributed by atoms with Gasteiger partial charge in [-0.2, -0.15) is 0 Å². The lowest BCUT2D eigenvalue weighted by Crippen LogP contribution is -1.62. The van der Waals surface area contributed by atoms with Gasteiger partial charge in [0.2, 0.25) is 0 Å². The molecule has 0 bridgehead atoms. The molecule has 0 N–H and O–H groups in total. The van der Waals surface area contributed by atoms with Gasteiger partial charge in [0.25, 0.3) is 0 Å². The average molecular weight is 251 g/mol. The van der Waals surface area contributed by atoms with Crippen LogP contribution < -0.4 is 0 Å². The second kappa shape index (κ2) is 5.07. The molecule has 0 amide bonds. The van der Waals surface area contributed by atoms with E-state index in [1.165, 1.54) is 20.2 Å². The molecule has 2 heterocycles. The Morgan fingerprint density at radius 2 is 1.39 bits per heavy atom. The van der Waals surface area contributed by atoms with Gasteiger partial charge in [0.15, 0.2) is 6.26 Å². The molecule has 0 saturated carbocycles. The van der Waals surface area contributed by atoms with E-state index in [9.17, 15) is 0 Å². The van der Waals surface area contributed by atoms with Gasteiger partial charge in [-0.1, -0.05) is 36.4 Å². The zero-order valence-corrected chi connectivity index (χ0v) is 10.5. The molecule has 0 aliphatic heterocycles. The highest BCUT2D eigenvalue weighted by Gasteiger charge is 2.01. The maximum Gasteiger partial charge on any atom is 0.169 e. The van der Waals surface area contributed by atoms with Crippen LogP contribution in [0.3, 0.4) is 0 Å². The van der Waals surface area contributed by atoms with Crippen molar-refractivity contribution in [3.63, 3.8) is 0 Å². The molecule has 4 rings (SSSR count). The molecule has 4 aromatic rings. The number of hydrogen-bond donors (Lipinski definition) is 0. The van der Waals surface area contributed by atoms with E-state index in [1.807, 2.05) is 11.3 Å². The van der Waals surface area contributed by atoms with Gasteiger partial charge < -0.3 is 4.42 Å². The quantitative estimate of drug-likeness (QED) is 0.422. The highest BCUT2D eigenvalue weighted by molar-refractivity contribution is 7.25. The normalized spacial score (nSPS) is 10.2. The van der Waals surface area contributed by atoms with Crippen LogP contribution in [0.2, 0.25) is 0 Å². The summed E-state index contributed by atoms with van der Waals surface area (Å²) in [5.41, 5.74) is 0. The zero-order chi connectivity index (χ0) is 12.2. The predicted octanol–water partition coefficient (Wildman–Crippen LogP) is 5.13. The molecule has 0 aliphatic rings. The van der Waals surface area contributed by atoms with Gasteiger partial charge in [-0.05, 0) is 24.3 Å². The molecule has 87 valence electrons. The van der Waals surface area contributed by atoms with Crippen LogP contribution in [0, 0.1) is 6.26 Å². The van der Waals surface area contributed by atoms with Gasteiger partial charge in [-0.25, -0.2) is 0 Å². The third-order valence-electron chi connectivity index (χ3n) is 2.66. The minimum Gasteiger partial charge on any atom is -0.461 e. The summed E-state index contributed by atoms with van der Waals surface area (Å²) >= 11 is 1.86. The molecule has 2 heteroatoms. The maximum atomic E-state index is 4.46. The molecule has 0 atom stereocenters. The van der Waals surface area contributed by atoms with E-state index in [1.54, 1.807) is 18.4 Å². The molecule has 0 spiro atoms. The average Bonchev–Trinajstić information content (AvgIpc) is 3.10. The molecule has 0 fully saturated rings. The van der Waals surface area contributed by atoms with Gasteiger partial charge in [0.05, 0.1) is 6.26 Å². The van der Waals surface area contributed by atoms with Crippen LogP contribution in [0.1, 0.15) is 0 Å². The molecule has 0 aliphatic carbocycles. The lowest BCUT2D eigenvalue weighted by molar-refractivity contribution is 0.558. The van der Waals surface area contributed by atoms with Crippen molar-refractivity contribution in [1.82, 2.24) is 0 Å². The van der Waals surface area contributed by atoms with Crippen molar-refractivity contribution in [2.24, 2.45) is 0 Å². The minimum atomic E-state index is 1.38. The first-order valence-corrected chi connectivity index (χ1v) is 6.52. The van der Waals surface area contributed by atoms with Crippen molar-refractivity contribution in [2.75, 3.05) is 0 Å². The number of hydrogen-bond acceptors (Lipinski definition) is 2. The summed E-state index contributed by atoms with van der Waals surface area (Å²) in [7, 11) is 0. The molecule has 2 aromatic heterocycles. The molecule has 0 saturated heterocycles. The zero-order valence-electron chi connectivity index (χ0n) is 9.67. The van der Waals surface area contributed by atoms with Crippen LogP contribution in [0.15, 0.2) is 71.3 Å². The highest BCUT2D eigenvalue weighted by Crippen LogP contribution is 2.32. The second-order valence-electron chi connectivity index (χ2n) is 3.83. The van der Waals surface area contributed by atoms with Crippen molar-refractivity contribution in [3.05, 3.63) is 73.2 Å². The minimum absolute atomic E-state index is 1.38. The van der Waals surface area contributed by atoms with Crippen molar-refractivity contribution < 1.29 is 4.42 Å². The topological polar surface area (TPSA) is 13.1 Å². The largest absolute Gasteiger partial charge is 0.461 e. The van der Waals surface area contributed by atoms with Crippen molar-refractivity contribution in [1.29, 1.82) is 0 Å². The Morgan fingerprint density at radius 3 is 1.83 bits per heavy atom. The monoisotopic (exact) mass is 251 g/mol. The number of thiophene rings is 1. The standard InChI is InChI=1S/C12H8S.C4H3O/c1-3-7-11-9(5-1)10-6-2-4-8-12(10)13-11;1-2-4-5-3-1/h1-8H;1-3H. The number of benzene rings is 2. The Balaban J connectivity index is 0.000000169. The van der Waals surface area contributed by atoms with E-state index in [4.69, 9.17) is 0 Å². The molecular formula is C16H11OS. The summed E-state index contributed by atoms with van der Waals surface area (Å²) in [5, 5.41) is 2.76. The Kier molecular flexibility index (Phi) is 3.11. The summed E-state index contributed by atoms with van der Waals surface area (Å²) in [4.78, 5) is 0. The molecular weight excluding hydrogens is 240 g/mol. The summed E-state index contributed by atoms with van der Waals surface area (Å²) in [6, 6.07) is 20.6. The summed E-state index contributed by atoms with van der Waals surface area (Å²) in [6.45, 7) is 0. The summed E-state index contributed by atoms with van der Waals surface area (Å²) in [5.74, 6) is 0.